The highest BCUT2D eigenvalue weighted by atomic mass is 16.5. The number of fused-ring (bicyclic) bond motifs is 1. The van der Waals surface area contributed by atoms with Crippen LogP contribution in [0.2, 0.25) is 0 Å². The molecule has 0 saturated carbocycles. The van der Waals surface area contributed by atoms with Crippen molar-refractivity contribution < 1.29 is 24.1 Å². The van der Waals surface area contributed by atoms with Gasteiger partial charge in [-0.2, -0.15) is 0 Å². The number of hydrogen-bond donors (Lipinski definition) is 2. The second-order valence-electron chi connectivity index (χ2n) is 5.29. The number of benzene rings is 2. The summed E-state index contributed by atoms with van der Waals surface area (Å²) >= 11 is 0. The molecule has 3 rings (SSSR count). The third kappa shape index (κ3) is 2.74. The summed E-state index contributed by atoms with van der Waals surface area (Å²) in [5, 5.41) is 19.4. The molecule has 0 radical (unpaired) electrons. The van der Waals surface area contributed by atoms with Crippen LogP contribution in [0, 0.1) is 0 Å². The maximum atomic E-state index is 12.6. The van der Waals surface area contributed by atoms with E-state index in [4.69, 9.17) is 13.9 Å². The number of phenolic OH excluding ortho intramolecular Hbond substituents is 2. The lowest BCUT2D eigenvalue weighted by Gasteiger charge is -2.10. The Morgan fingerprint density at radius 1 is 1.04 bits per heavy atom. The Bertz CT molecular complexity index is 958. The first kappa shape index (κ1) is 15.7. The molecule has 124 valence electrons. The predicted octanol–water partition coefficient (Wildman–Crippen LogP) is 2.81. The van der Waals surface area contributed by atoms with Gasteiger partial charge in [0, 0.05) is 24.1 Å². The van der Waals surface area contributed by atoms with Crippen molar-refractivity contribution in [3.63, 3.8) is 0 Å². The van der Waals surface area contributed by atoms with Gasteiger partial charge in [0.1, 0.15) is 22.5 Å². The van der Waals surface area contributed by atoms with Crippen LogP contribution in [0.5, 0.6) is 23.0 Å². The largest absolute Gasteiger partial charge is 0.508 e. The molecule has 2 aromatic carbocycles. The monoisotopic (exact) mass is 328 g/mol. The second kappa shape index (κ2) is 6.16. The summed E-state index contributed by atoms with van der Waals surface area (Å²) in [6.07, 6.45) is 1.64. The lowest BCUT2D eigenvalue weighted by atomic mass is 10.0. The van der Waals surface area contributed by atoms with Gasteiger partial charge >= 0.3 is 0 Å². The van der Waals surface area contributed by atoms with E-state index in [0.29, 0.717) is 23.5 Å². The van der Waals surface area contributed by atoms with Crippen molar-refractivity contribution in [3.8, 4) is 23.0 Å². The lowest BCUT2D eigenvalue weighted by molar-refractivity contribution is 0.354. The first-order valence-corrected chi connectivity index (χ1v) is 7.20. The van der Waals surface area contributed by atoms with Crippen molar-refractivity contribution in [3.05, 3.63) is 57.9 Å². The Labute approximate surface area is 137 Å². The van der Waals surface area contributed by atoms with E-state index < -0.39 is 0 Å². The fourth-order valence-electron chi connectivity index (χ4n) is 2.59. The zero-order valence-corrected chi connectivity index (χ0v) is 13.2. The molecule has 2 N–H and O–H groups in total. The third-order valence-corrected chi connectivity index (χ3v) is 3.76. The van der Waals surface area contributed by atoms with Crippen LogP contribution in [0.3, 0.4) is 0 Å². The van der Waals surface area contributed by atoms with E-state index in [1.807, 2.05) is 6.07 Å². The topological polar surface area (TPSA) is 89.1 Å². The van der Waals surface area contributed by atoms with Crippen molar-refractivity contribution in [2.75, 3.05) is 14.2 Å². The molecule has 0 aliphatic heterocycles. The molecule has 24 heavy (non-hydrogen) atoms. The van der Waals surface area contributed by atoms with Crippen LogP contribution in [0.15, 0.2) is 45.8 Å². The first-order chi connectivity index (χ1) is 11.5. The average molecular weight is 328 g/mol. The predicted molar refractivity (Wildman–Crippen MR) is 88.2 cm³/mol. The molecule has 0 bridgehead atoms. The summed E-state index contributed by atoms with van der Waals surface area (Å²) in [6, 6.07) is 7.75. The Kier molecular flexibility index (Phi) is 4.04. The van der Waals surface area contributed by atoms with Crippen LogP contribution in [0.1, 0.15) is 11.1 Å². The first-order valence-electron chi connectivity index (χ1n) is 7.20. The maximum absolute atomic E-state index is 12.6. The van der Waals surface area contributed by atoms with Gasteiger partial charge in [-0.05, 0) is 17.7 Å². The Morgan fingerprint density at radius 3 is 2.50 bits per heavy atom. The van der Waals surface area contributed by atoms with E-state index in [1.165, 1.54) is 19.4 Å². The Balaban J connectivity index is 2.05. The third-order valence-electron chi connectivity index (χ3n) is 3.76. The standard InChI is InChI=1S/C18H16O6/c1-22-14-4-3-10(6-15(14)23-2)5-11-9-24-16-8-12(19)7-13(20)17(16)18(11)21/h3-4,6-9,19-20H,5H2,1-2H3. The highest BCUT2D eigenvalue weighted by Crippen LogP contribution is 2.30. The Hall–Kier alpha value is -3.15. The van der Waals surface area contributed by atoms with Crippen molar-refractivity contribution in [2.24, 2.45) is 0 Å². The molecular weight excluding hydrogens is 312 g/mol. The van der Waals surface area contributed by atoms with Crippen LogP contribution >= 0.6 is 0 Å². The van der Waals surface area contributed by atoms with Crippen molar-refractivity contribution in [1.82, 2.24) is 0 Å². The van der Waals surface area contributed by atoms with Crippen LogP contribution in [-0.4, -0.2) is 24.4 Å². The van der Waals surface area contributed by atoms with Crippen molar-refractivity contribution in [1.29, 1.82) is 0 Å². The molecule has 0 unspecified atom stereocenters. The summed E-state index contributed by atoms with van der Waals surface area (Å²) < 4.78 is 15.8. The summed E-state index contributed by atoms with van der Waals surface area (Å²) in [7, 11) is 3.09. The number of rotatable bonds is 4. The van der Waals surface area contributed by atoms with Crippen LogP contribution < -0.4 is 14.9 Å². The van der Waals surface area contributed by atoms with E-state index in [0.717, 1.165) is 11.6 Å². The van der Waals surface area contributed by atoms with E-state index in [2.05, 4.69) is 0 Å². The quantitative estimate of drug-likeness (QED) is 0.765. The minimum atomic E-state index is -0.344. The Morgan fingerprint density at radius 2 is 1.79 bits per heavy atom. The molecule has 0 spiro atoms. The van der Waals surface area contributed by atoms with E-state index in [9.17, 15) is 15.0 Å². The van der Waals surface area contributed by atoms with Gasteiger partial charge in [0.2, 0.25) is 0 Å². The number of methoxy groups -OCH3 is 2. The van der Waals surface area contributed by atoms with Gasteiger partial charge in [0.15, 0.2) is 16.9 Å². The van der Waals surface area contributed by atoms with Crippen molar-refractivity contribution >= 4 is 11.0 Å². The molecule has 0 aliphatic carbocycles. The molecule has 1 heterocycles. The molecule has 6 heteroatoms. The fraction of sp³-hybridized carbons (Fsp3) is 0.167. The number of hydrogen-bond acceptors (Lipinski definition) is 6. The maximum Gasteiger partial charge on any atom is 0.199 e. The van der Waals surface area contributed by atoms with Crippen LogP contribution in [-0.2, 0) is 6.42 Å². The zero-order chi connectivity index (χ0) is 17.3. The van der Waals surface area contributed by atoms with E-state index >= 15 is 0 Å². The second-order valence-corrected chi connectivity index (χ2v) is 5.29. The molecule has 0 atom stereocenters. The van der Waals surface area contributed by atoms with Crippen LogP contribution in [0.25, 0.3) is 11.0 Å². The minimum absolute atomic E-state index is 0.0470. The number of ether oxygens (including phenoxy) is 2. The van der Waals surface area contributed by atoms with Gasteiger partial charge in [-0.15, -0.1) is 0 Å². The molecule has 1 aromatic heterocycles. The van der Waals surface area contributed by atoms with E-state index in [-0.39, 0.29) is 27.9 Å². The molecule has 0 amide bonds. The summed E-state index contributed by atoms with van der Waals surface area (Å²) in [5.74, 6) is 0.677. The fourth-order valence-corrected chi connectivity index (χ4v) is 2.59. The average Bonchev–Trinajstić information content (AvgIpc) is 2.56. The molecular formula is C18H16O6. The van der Waals surface area contributed by atoms with Gasteiger partial charge in [-0.3, -0.25) is 4.79 Å². The van der Waals surface area contributed by atoms with Crippen molar-refractivity contribution in [2.45, 2.75) is 6.42 Å². The van der Waals surface area contributed by atoms with Gasteiger partial charge in [0.25, 0.3) is 0 Å². The SMILES string of the molecule is COc1ccc(Cc2coc3cc(O)cc(O)c3c2=O)cc1OC. The van der Waals surface area contributed by atoms with Gasteiger partial charge in [0.05, 0.1) is 20.5 Å². The lowest BCUT2D eigenvalue weighted by Crippen LogP contribution is -2.09. The molecule has 0 aliphatic rings. The summed E-state index contributed by atoms with van der Waals surface area (Å²) in [5.41, 5.74) is 1.00. The van der Waals surface area contributed by atoms with Gasteiger partial charge in [-0.25, -0.2) is 0 Å². The summed E-state index contributed by atoms with van der Waals surface area (Å²) in [4.78, 5) is 12.6. The number of phenols is 2. The molecule has 3 aromatic rings. The molecule has 6 nitrogen and oxygen atoms in total. The van der Waals surface area contributed by atoms with Gasteiger partial charge in [-0.1, -0.05) is 6.07 Å². The zero-order valence-electron chi connectivity index (χ0n) is 13.2. The van der Waals surface area contributed by atoms with E-state index in [1.54, 1.807) is 19.2 Å². The normalized spacial score (nSPS) is 10.8. The smallest absolute Gasteiger partial charge is 0.199 e. The minimum Gasteiger partial charge on any atom is -0.508 e. The molecule has 0 saturated heterocycles. The highest BCUT2D eigenvalue weighted by molar-refractivity contribution is 5.85. The number of aromatic hydroxyl groups is 2. The highest BCUT2D eigenvalue weighted by Gasteiger charge is 2.14. The van der Waals surface area contributed by atoms with Crippen LogP contribution in [0.4, 0.5) is 0 Å². The summed E-state index contributed by atoms with van der Waals surface area (Å²) in [6.45, 7) is 0. The van der Waals surface area contributed by atoms with Gasteiger partial charge < -0.3 is 24.1 Å². The molecule has 0 fully saturated rings.